The number of carboxylic acids is 1. The molecule has 2 atom stereocenters. The summed E-state index contributed by atoms with van der Waals surface area (Å²) in [6.45, 7) is 7.17. The number of aliphatic carboxylic acids is 1. The first-order chi connectivity index (χ1) is 12.7. The Morgan fingerprint density at radius 3 is 2.52 bits per heavy atom. The normalized spacial score (nSPS) is 13.4. The summed E-state index contributed by atoms with van der Waals surface area (Å²) in [4.78, 5) is 35.1. The minimum Gasteiger partial charge on any atom is -0.548 e. The zero-order valence-electron chi connectivity index (χ0n) is 15.9. The number of ether oxygens (including phenoxy) is 1. The van der Waals surface area contributed by atoms with Gasteiger partial charge in [-0.3, -0.25) is 4.79 Å². The Morgan fingerprint density at radius 1 is 1.22 bits per heavy atom. The summed E-state index contributed by atoms with van der Waals surface area (Å²) in [7, 11) is 0. The second-order valence-electron chi connectivity index (χ2n) is 6.87. The van der Waals surface area contributed by atoms with Gasteiger partial charge in [-0.1, -0.05) is 20.8 Å². The van der Waals surface area contributed by atoms with Crippen molar-refractivity contribution in [3.8, 4) is 5.75 Å². The van der Waals surface area contributed by atoms with E-state index in [0.717, 1.165) is 10.9 Å². The number of carbonyl (C=O) groups excluding carboxylic acids is 2. The fraction of sp³-hybridized carbons (Fsp3) is 0.450. The van der Waals surface area contributed by atoms with Gasteiger partial charge in [-0.25, -0.2) is 4.79 Å². The molecule has 0 aliphatic rings. The van der Waals surface area contributed by atoms with Crippen LogP contribution in [0.1, 0.15) is 39.7 Å². The molecule has 2 aromatic rings. The van der Waals surface area contributed by atoms with Crippen molar-refractivity contribution in [1.29, 1.82) is 0 Å². The largest absolute Gasteiger partial charge is 0.548 e. The van der Waals surface area contributed by atoms with Crippen LogP contribution in [0.25, 0.3) is 11.0 Å². The Balaban J connectivity index is 2.14. The van der Waals surface area contributed by atoms with Crippen LogP contribution in [-0.2, 0) is 16.0 Å². The van der Waals surface area contributed by atoms with E-state index < -0.39 is 29.6 Å². The number of carbonyl (C=O) groups is 2. The van der Waals surface area contributed by atoms with Gasteiger partial charge in [0.25, 0.3) is 5.91 Å². The number of aryl methyl sites for hydroxylation is 1. The van der Waals surface area contributed by atoms with Gasteiger partial charge in [0, 0.05) is 17.5 Å². The van der Waals surface area contributed by atoms with Crippen LogP contribution in [0.4, 0.5) is 0 Å². The van der Waals surface area contributed by atoms with Crippen molar-refractivity contribution in [3.63, 3.8) is 0 Å². The number of carboxylic acid groups (broad SMARTS) is 1. The van der Waals surface area contributed by atoms with E-state index in [2.05, 4.69) is 5.32 Å². The first kappa shape index (κ1) is 20.5. The Morgan fingerprint density at radius 2 is 1.93 bits per heavy atom. The van der Waals surface area contributed by atoms with Crippen molar-refractivity contribution in [2.45, 2.75) is 52.7 Å². The van der Waals surface area contributed by atoms with E-state index in [1.165, 1.54) is 13.0 Å². The van der Waals surface area contributed by atoms with Crippen LogP contribution in [0, 0.1) is 5.92 Å². The van der Waals surface area contributed by atoms with Gasteiger partial charge in [-0.15, -0.1) is 0 Å². The minimum atomic E-state index is -1.33. The van der Waals surface area contributed by atoms with Crippen LogP contribution in [-0.4, -0.2) is 24.0 Å². The molecule has 2 rings (SSSR count). The highest BCUT2D eigenvalue weighted by Crippen LogP contribution is 2.23. The van der Waals surface area contributed by atoms with E-state index in [9.17, 15) is 19.5 Å². The number of hydrogen-bond donors (Lipinski definition) is 1. The van der Waals surface area contributed by atoms with Gasteiger partial charge < -0.3 is 24.4 Å². The quantitative estimate of drug-likeness (QED) is 0.700. The predicted molar refractivity (Wildman–Crippen MR) is 98.3 cm³/mol. The van der Waals surface area contributed by atoms with Crippen LogP contribution in [0.5, 0.6) is 5.75 Å². The molecule has 1 aromatic carbocycles. The lowest BCUT2D eigenvalue weighted by atomic mass is 10.0. The van der Waals surface area contributed by atoms with E-state index in [4.69, 9.17) is 9.15 Å². The summed E-state index contributed by atoms with van der Waals surface area (Å²) in [6.07, 6.45) is 0.0149. The molecule has 0 saturated heterocycles. The van der Waals surface area contributed by atoms with Crippen LogP contribution in [0.2, 0.25) is 0 Å². The fourth-order valence-electron chi connectivity index (χ4n) is 2.81. The summed E-state index contributed by atoms with van der Waals surface area (Å²) in [6, 6.07) is 5.36. The molecular formula is C20H24NO6-. The third-order valence-electron chi connectivity index (χ3n) is 4.17. The average molecular weight is 374 g/mol. The van der Waals surface area contributed by atoms with E-state index in [1.807, 2.05) is 20.8 Å². The van der Waals surface area contributed by atoms with E-state index in [1.54, 1.807) is 18.2 Å². The first-order valence-corrected chi connectivity index (χ1v) is 8.96. The first-order valence-electron chi connectivity index (χ1n) is 8.96. The molecule has 0 spiro atoms. The molecule has 1 aromatic heterocycles. The van der Waals surface area contributed by atoms with Gasteiger partial charge in [-0.2, -0.15) is 0 Å². The molecule has 146 valence electrons. The second-order valence-corrected chi connectivity index (χ2v) is 6.87. The van der Waals surface area contributed by atoms with Gasteiger partial charge >= 0.3 is 5.63 Å². The lowest BCUT2D eigenvalue weighted by Gasteiger charge is -2.23. The second kappa shape index (κ2) is 8.70. The number of rotatable bonds is 8. The smallest absolute Gasteiger partial charge is 0.336 e. The number of benzene rings is 1. The molecule has 1 amide bonds. The molecule has 7 heteroatoms. The number of amides is 1. The molecule has 0 unspecified atom stereocenters. The molecule has 0 bridgehead atoms. The van der Waals surface area contributed by atoms with E-state index >= 15 is 0 Å². The molecule has 0 saturated carbocycles. The molecule has 0 aliphatic heterocycles. The maximum absolute atomic E-state index is 12.3. The van der Waals surface area contributed by atoms with Crippen molar-refractivity contribution in [3.05, 3.63) is 40.2 Å². The molecule has 0 radical (unpaired) electrons. The zero-order valence-corrected chi connectivity index (χ0v) is 15.9. The summed E-state index contributed by atoms with van der Waals surface area (Å²) < 4.78 is 10.8. The van der Waals surface area contributed by atoms with Gasteiger partial charge in [0.15, 0.2) is 6.10 Å². The van der Waals surface area contributed by atoms with Crippen molar-refractivity contribution in [2.24, 2.45) is 5.92 Å². The highest BCUT2D eigenvalue weighted by atomic mass is 16.5. The molecule has 7 nitrogen and oxygen atoms in total. The Labute approximate surface area is 157 Å². The Hall–Kier alpha value is -2.83. The monoisotopic (exact) mass is 374 g/mol. The number of nitrogens with one attached hydrogen (secondary N) is 1. The van der Waals surface area contributed by atoms with Crippen molar-refractivity contribution < 1.29 is 23.8 Å². The van der Waals surface area contributed by atoms with Crippen molar-refractivity contribution in [1.82, 2.24) is 5.32 Å². The summed E-state index contributed by atoms with van der Waals surface area (Å²) in [5.74, 6) is -1.46. The molecule has 1 heterocycles. The minimum absolute atomic E-state index is 0.0839. The van der Waals surface area contributed by atoms with Gasteiger partial charge in [0.2, 0.25) is 0 Å². The highest BCUT2D eigenvalue weighted by molar-refractivity contribution is 5.86. The molecule has 0 fully saturated rings. The number of hydrogen-bond acceptors (Lipinski definition) is 6. The predicted octanol–water partition coefficient (Wildman–Crippen LogP) is 1.40. The summed E-state index contributed by atoms with van der Waals surface area (Å²) >= 11 is 0. The molecule has 0 aliphatic carbocycles. The van der Waals surface area contributed by atoms with Crippen molar-refractivity contribution >= 4 is 22.8 Å². The van der Waals surface area contributed by atoms with Crippen LogP contribution in [0.3, 0.4) is 0 Å². The Kier molecular flexibility index (Phi) is 6.60. The maximum Gasteiger partial charge on any atom is 0.336 e. The molecular weight excluding hydrogens is 350 g/mol. The van der Waals surface area contributed by atoms with Crippen LogP contribution >= 0.6 is 0 Å². The third-order valence-corrected chi connectivity index (χ3v) is 4.17. The maximum atomic E-state index is 12.3. The average Bonchev–Trinajstić information content (AvgIpc) is 2.59. The zero-order chi connectivity index (χ0) is 20.1. The summed E-state index contributed by atoms with van der Waals surface area (Å²) in [5.41, 5.74) is 0.786. The molecule has 1 N–H and O–H groups in total. The third kappa shape index (κ3) is 5.32. The van der Waals surface area contributed by atoms with Crippen LogP contribution in [0.15, 0.2) is 33.5 Å². The van der Waals surface area contributed by atoms with Crippen molar-refractivity contribution in [2.75, 3.05) is 0 Å². The highest BCUT2D eigenvalue weighted by Gasteiger charge is 2.21. The van der Waals surface area contributed by atoms with Gasteiger partial charge in [-0.05, 0) is 43.4 Å². The summed E-state index contributed by atoms with van der Waals surface area (Å²) in [5, 5.41) is 14.4. The fourth-order valence-corrected chi connectivity index (χ4v) is 2.81. The van der Waals surface area contributed by atoms with Crippen LogP contribution < -0.4 is 20.8 Å². The number of fused-ring (bicyclic) bond motifs is 1. The van der Waals surface area contributed by atoms with E-state index in [-0.39, 0.29) is 12.3 Å². The van der Waals surface area contributed by atoms with Gasteiger partial charge in [0.1, 0.15) is 11.3 Å². The lowest BCUT2D eigenvalue weighted by Crippen LogP contribution is -2.51. The topological polar surface area (TPSA) is 109 Å². The SMILES string of the molecule is CCc1cc(=O)oc2cc(O[C@@H](C)C(=O)N[C@@H](CC(C)C)C(=O)[O-])ccc12. The standard InChI is InChI=1S/C20H25NO6/c1-5-13-9-18(22)27-17-10-14(6-7-15(13)17)26-12(4)19(23)21-16(20(24)25)8-11(2)3/h6-7,9-12,16H,5,8H2,1-4H3,(H,21,23)(H,24,25)/p-1/t12-,16-/m0/s1. The van der Waals surface area contributed by atoms with E-state index in [0.29, 0.717) is 17.8 Å². The molecule has 27 heavy (non-hydrogen) atoms. The lowest BCUT2D eigenvalue weighted by molar-refractivity contribution is -0.308. The Bertz CT molecular complexity index is 886. The van der Waals surface area contributed by atoms with Gasteiger partial charge in [0.05, 0.1) is 12.0 Å².